The minimum Gasteiger partial charge on any atom is -0.334 e. The molecule has 0 aliphatic rings. The zero-order valence-corrected chi connectivity index (χ0v) is 10.6. The van der Waals surface area contributed by atoms with Crippen molar-refractivity contribution in [2.75, 3.05) is 11.9 Å². The van der Waals surface area contributed by atoms with E-state index in [-0.39, 0.29) is 11.8 Å². The zero-order chi connectivity index (χ0) is 13.7. The summed E-state index contributed by atoms with van der Waals surface area (Å²) in [6, 6.07) is 15.3. The first-order valence-electron chi connectivity index (χ1n) is 5.98. The van der Waals surface area contributed by atoms with E-state index in [1.54, 1.807) is 19.2 Å². The van der Waals surface area contributed by atoms with Crippen LogP contribution in [0.5, 0.6) is 0 Å². The second-order valence-corrected chi connectivity index (χ2v) is 4.18. The lowest BCUT2D eigenvalue weighted by Gasteiger charge is -2.18. The molecule has 0 radical (unpaired) electrons. The van der Waals surface area contributed by atoms with Gasteiger partial charge in [-0.25, -0.2) is 9.18 Å². The van der Waals surface area contributed by atoms with Crippen molar-refractivity contribution in [3.8, 4) is 0 Å². The number of hydrogen-bond donors (Lipinski definition) is 1. The molecule has 2 aromatic carbocycles. The third kappa shape index (κ3) is 3.55. The van der Waals surface area contributed by atoms with Crippen LogP contribution in [-0.4, -0.2) is 13.1 Å². The second-order valence-electron chi connectivity index (χ2n) is 4.18. The second kappa shape index (κ2) is 6.00. The third-order valence-corrected chi connectivity index (χ3v) is 2.78. The molecular formula is C15H15FN2O. The van der Waals surface area contributed by atoms with Gasteiger partial charge in [0.2, 0.25) is 0 Å². The molecule has 98 valence electrons. The van der Waals surface area contributed by atoms with Gasteiger partial charge < -0.3 is 5.32 Å². The summed E-state index contributed by atoms with van der Waals surface area (Å²) in [6.45, 7) is 0.299. The lowest BCUT2D eigenvalue weighted by molar-refractivity contribution is 0.247. The van der Waals surface area contributed by atoms with Crippen LogP contribution in [0.3, 0.4) is 0 Å². The van der Waals surface area contributed by atoms with Gasteiger partial charge in [0.25, 0.3) is 0 Å². The number of benzene rings is 2. The highest BCUT2D eigenvalue weighted by Crippen LogP contribution is 2.11. The molecule has 0 heterocycles. The normalized spacial score (nSPS) is 10.0. The van der Waals surface area contributed by atoms with Gasteiger partial charge in [0.1, 0.15) is 5.82 Å². The molecule has 0 spiro atoms. The van der Waals surface area contributed by atoms with E-state index in [0.29, 0.717) is 6.54 Å². The van der Waals surface area contributed by atoms with Crippen molar-refractivity contribution in [3.63, 3.8) is 0 Å². The topological polar surface area (TPSA) is 32.3 Å². The fraction of sp³-hybridized carbons (Fsp3) is 0.133. The quantitative estimate of drug-likeness (QED) is 0.901. The summed E-state index contributed by atoms with van der Waals surface area (Å²) in [4.78, 5) is 13.4. The number of carbonyl (C=O) groups excluding carboxylic acids is 1. The first-order valence-corrected chi connectivity index (χ1v) is 5.98. The van der Waals surface area contributed by atoms with Gasteiger partial charge in [-0.15, -0.1) is 0 Å². The average molecular weight is 258 g/mol. The number of para-hydroxylation sites is 1. The van der Waals surface area contributed by atoms with E-state index in [1.165, 1.54) is 17.0 Å². The molecule has 0 atom stereocenters. The van der Waals surface area contributed by atoms with Crippen LogP contribution in [0.1, 0.15) is 5.56 Å². The summed E-state index contributed by atoms with van der Waals surface area (Å²) in [5.41, 5.74) is 1.54. The Bertz CT molecular complexity index is 557. The highest BCUT2D eigenvalue weighted by Gasteiger charge is 2.09. The van der Waals surface area contributed by atoms with Gasteiger partial charge in [-0.3, -0.25) is 4.90 Å². The van der Waals surface area contributed by atoms with Crippen molar-refractivity contribution >= 4 is 11.7 Å². The van der Waals surface area contributed by atoms with E-state index in [2.05, 4.69) is 5.32 Å². The largest absolute Gasteiger partial charge is 0.334 e. The van der Waals surface area contributed by atoms with Crippen LogP contribution in [-0.2, 0) is 6.54 Å². The van der Waals surface area contributed by atoms with Crippen LogP contribution >= 0.6 is 0 Å². The number of amides is 2. The monoisotopic (exact) mass is 258 g/mol. The standard InChI is InChI=1S/C15H15FN2O/c1-18(14-8-3-2-4-9-14)15(19)17-11-12-6-5-7-13(16)10-12/h2-10H,11H2,1H3,(H,17,19). The number of nitrogens with zero attached hydrogens (tertiary/aromatic N) is 1. The van der Waals surface area contributed by atoms with E-state index in [4.69, 9.17) is 0 Å². The molecule has 0 aliphatic carbocycles. The predicted molar refractivity (Wildman–Crippen MR) is 73.5 cm³/mol. The highest BCUT2D eigenvalue weighted by atomic mass is 19.1. The first-order chi connectivity index (χ1) is 9.16. The van der Waals surface area contributed by atoms with Crippen LogP contribution < -0.4 is 10.2 Å². The predicted octanol–water partition coefficient (Wildman–Crippen LogP) is 3.17. The Labute approximate surface area is 111 Å². The SMILES string of the molecule is CN(C(=O)NCc1cccc(F)c1)c1ccccc1. The number of anilines is 1. The summed E-state index contributed by atoms with van der Waals surface area (Å²) in [6.07, 6.45) is 0. The van der Waals surface area contributed by atoms with E-state index < -0.39 is 0 Å². The van der Waals surface area contributed by atoms with E-state index in [0.717, 1.165) is 11.3 Å². The van der Waals surface area contributed by atoms with Crippen LogP contribution in [0.4, 0.5) is 14.9 Å². The molecule has 2 rings (SSSR count). The molecule has 0 bridgehead atoms. The summed E-state index contributed by atoms with van der Waals surface area (Å²) in [5.74, 6) is -0.303. The molecule has 2 aromatic rings. The molecule has 4 heteroatoms. The van der Waals surface area contributed by atoms with Crippen LogP contribution in [0.2, 0.25) is 0 Å². The van der Waals surface area contributed by atoms with Crippen molar-refractivity contribution in [1.29, 1.82) is 0 Å². The molecule has 0 aliphatic heterocycles. The fourth-order valence-electron chi connectivity index (χ4n) is 1.71. The molecule has 3 nitrogen and oxygen atoms in total. The number of halogens is 1. The summed E-state index contributed by atoms with van der Waals surface area (Å²) in [5, 5.41) is 2.74. The van der Waals surface area contributed by atoms with Crippen molar-refractivity contribution in [2.24, 2.45) is 0 Å². The maximum absolute atomic E-state index is 13.0. The average Bonchev–Trinajstić information content (AvgIpc) is 2.45. The third-order valence-electron chi connectivity index (χ3n) is 2.78. The molecule has 0 unspecified atom stereocenters. The molecule has 1 N–H and O–H groups in total. The number of nitrogens with one attached hydrogen (secondary N) is 1. The smallest absolute Gasteiger partial charge is 0.321 e. The lowest BCUT2D eigenvalue weighted by Crippen LogP contribution is -2.36. The van der Waals surface area contributed by atoms with Gasteiger partial charge in [-0.05, 0) is 29.8 Å². The summed E-state index contributed by atoms with van der Waals surface area (Å²) >= 11 is 0. The van der Waals surface area contributed by atoms with Gasteiger partial charge in [0.15, 0.2) is 0 Å². The molecular weight excluding hydrogens is 243 g/mol. The Morgan fingerprint density at radius 3 is 2.58 bits per heavy atom. The van der Waals surface area contributed by atoms with Gasteiger partial charge in [-0.2, -0.15) is 0 Å². The van der Waals surface area contributed by atoms with Gasteiger partial charge in [0.05, 0.1) is 0 Å². The minimum atomic E-state index is -0.303. The number of urea groups is 1. The van der Waals surface area contributed by atoms with Crippen LogP contribution in [0, 0.1) is 5.82 Å². The maximum Gasteiger partial charge on any atom is 0.321 e. The molecule has 0 fully saturated rings. The maximum atomic E-state index is 13.0. The van der Waals surface area contributed by atoms with Crippen molar-refractivity contribution < 1.29 is 9.18 Å². The van der Waals surface area contributed by atoms with E-state index >= 15 is 0 Å². The molecule has 0 saturated heterocycles. The molecule has 0 aromatic heterocycles. The van der Waals surface area contributed by atoms with Crippen molar-refractivity contribution in [2.45, 2.75) is 6.54 Å². The van der Waals surface area contributed by atoms with Crippen LogP contribution in [0.25, 0.3) is 0 Å². The Balaban J connectivity index is 1.95. The highest BCUT2D eigenvalue weighted by molar-refractivity contribution is 5.91. The Morgan fingerprint density at radius 2 is 1.89 bits per heavy atom. The Morgan fingerprint density at radius 1 is 1.16 bits per heavy atom. The minimum absolute atomic E-state index is 0.226. The zero-order valence-electron chi connectivity index (χ0n) is 10.6. The van der Waals surface area contributed by atoms with E-state index in [9.17, 15) is 9.18 Å². The number of rotatable bonds is 3. The summed E-state index contributed by atoms with van der Waals surface area (Å²) < 4.78 is 13.0. The van der Waals surface area contributed by atoms with Crippen molar-refractivity contribution in [3.05, 3.63) is 66.0 Å². The van der Waals surface area contributed by atoms with Gasteiger partial charge >= 0.3 is 6.03 Å². The molecule has 2 amide bonds. The lowest BCUT2D eigenvalue weighted by atomic mass is 10.2. The van der Waals surface area contributed by atoms with Gasteiger partial charge in [-0.1, -0.05) is 30.3 Å². The number of carbonyl (C=O) groups is 1. The Hall–Kier alpha value is -2.36. The molecule has 0 saturated carbocycles. The van der Waals surface area contributed by atoms with E-state index in [1.807, 2.05) is 30.3 Å². The fourth-order valence-corrected chi connectivity index (χ4v) is 1.71. The van der Waals surface area contributed by atoms with Crippen molar-refractivity contribution in [1.82, 2.24) is 5.32 Å². The van der Waals surface area contributed by atoms with Gasteiger partial charge in [0, 0.05) is 19.3 Å². The Kier molecular flexibility index (Phi) is 4.13. The molecule has 19 heavy (non-hydrogen) atoms. The first kappa shape index (κ1) is 13.1. The summed E-state index contributed by atoms with van der Waals surface area (Å²) in [7, 11) is 1.69. The number of hydrogen-bond acceptors (Lipinski definition) is 1. The van der Waals surface area contributed by atoms with Crippen LogP contribution in [0.15, 0.2) is 54.6 Å².